The molecule has 0 saturated heterocycles. The summed E-state index contributed by atoms with van der Waals surface area (Å²) in [6.07, 6.45) is 0.874. The molecule has 0 heterocycles. The third kappa shape index (κ3) is 2.48. The zero-order chi connectivity index (χ0) is 10.6. The van der Waals surface area contributed by atoms with E-state index in [-0.39, 0.29) is 11.3 Å². The SMILES string of the molecule is CCC(Cl)c1ccc(C(=O)OC)cc1. The van der Waals surface area contributed by atoms with Gasteiger partial charge in [0.25, 0.3) is 0 Å². The Morgan fingerprint density at radius 3 is 2.43 bits per heavy atom. The van der Waals surface area contributed by atoms with Crippen molar-refractivity contribution >= 4 is 17.6 Å². The van der Waals surface area contributed by atoms with Gasteiger partial charge in [-0.25, -0.2) is 4.79 Å². The standard InChI is InChI=1S/C11H13ClO2/c1-3-10(12)8-4-6-9(7-5-8)11(13)14-2/h4-7,10H,3H2,1-2H3. The number of carbonyl (C=O) groups excluding carboxylic acids is 1. The van der Waals surface area contributed by atoms with Crippen molar-refractivity contribution in [2.75, 3.05) is 7.11 Å². The van der Waals surface area contributed by atoms with Crippen molar-refractivity contribution in [3.05, 3.63) is 35.4 Å². The third-order valence-corrected chi connectivity index (χ3v) is 2.61. The molecule has 1 unspecified atom stereocenters. The molecule has 1 aromatic carbocycles. The summed E-state index contributed by atoms with van der Waals surface area (Å²) in [7, 11) is 1.37. The molecule has 14 heavy (non-hydrogen) atoms. The molecule has 0 fully saturated rings. The summed E-state index contributed by atoms with van der Waals surface area (Å²) in [6.45, 7) is 2.02. The Bertz CT molecular complexity index is 306. The quantitative estimate of drug-likeness (QED) is 0.568. The predicted octanol–water partition coefficient (Wildman–Crippen LogP) is 3.16. The number of carbonyl (C=O) groups is 1. The largest absolute Gasteiger partial charge is 0.465 e. The lowest BCUT2D eigenvalue weighted by molar-refractivity contribution is 0.0600. The summed E-state index contributed by atoms with van der Waals surface area (Å²) < 4.78 is 4.59. The summed E-state index contributed by atoms with van der Waals surface area (Å²) in [5.41, 5.74) is 1.58. The molecule has 0 saturated carbocycles. The summed E-state index contributed by atoms with van der Waals surface area (Å²) in [6, 6.07) is 7.17. The van der Waals surface area contributed by atoms with Crippen LogP contribution in [0.4, 0.5) is 0 Å². The van der Waals surface area contributed by atoms with E-state index in [0.29, 0.717) is 5.56 Å². The highest BCUT2D eigenvalue weighted by molar-refractivity contribution is 6.20. The van der Waals surface area contributed by atoms with E-state index in [2.05, 4.69) is 4.74 Å². The Kier molecular flexibility index (Phi) is 3.96. The molecule has 0 aliphatic rings. The van der Waals surface area contributed by atoms with Crippen LogP contribution in [0.15, 0.2) is 24.3 Å². The van der Waals surface area contributed by atoms with Crippen LogP contribution < -0.4 is 0 Å². The molecule has 1 aromatic rings. The van der Waals surface area contributed by atoms with Crippen molar-refractivity contribution in [2.24, 2.45) is 0 Å². The smallest absolute Gasteiger partial charge is 0.337 e. The van der Waals surface area contributed by atoms with Crippen molar-refractivity contribution in [2.45, 2.75) is 18.7 Å². The Morgan fingerprint density at radius 1 is 1.43 bits per heavy atom. The van der Waals surface area contributed by atoms with Gasteiger partial charge in [0.1, 0.15) is 0 Å². The van der Waals surface area contributed by atoms with Crippen molar-refractivity contribution in [1.82, 2.24) is 0 Å². The Balaban J connectivity index is 2.83. The topological polar surface area (TPSA) is 26.3 Å². The van der Waals surface area contributed by atoms with Gasteiger partial charge in [0, 0.05) is 0 Å². The van der Waals surface area contributed by atoms with E-state index in [4.69, 9.17) is 11.6 Å². The van der Waals surface area contributed by atoms with Crippen LogP contribution in [0.5, 0.6) is 0 Å². The van der Waals surface area contributed by atoms with Crippen LogP contribution in [0, 0.1) is 0 Å². The zero-order valence-electron chi connectivity index (χ0n) is 8.29. The number of rotatable bonds is 3. The van der Waals surface area contributed by atoms with E-state index in [9.17, 15) is 4.79 Å². The first kappa shape index (κ1) is 11.1. The minimum Gasteiger partial charge on any atom is -0.465 e. The summed E-state index contributed by atoms with van der Waals surface area (Å²) in [5.74, 6) is -0.320. The van der Waals surface area contributed by atoms with Crippen molar-refractivity contribution < 1.29 is 9.53 Å². The lowest BCUT2D eigenvalue weighted by Crippen LogP contribution is -2.01. The van der Waals surface area contributed by atoms with E-state index < -0.39 is 0 Å². The maximum atomic E-state index is 11.1. The molecule has 0 amide bonds. The molecule has 2 nitrogen and oxygen atoms in total. The number of halogens is 1. The van der Waals surface area contributed by atoms with Gasteiger partial charge in [-0.3, -0.25) is 0 Å². The number of benzene rings is 1. The predicted molar refractivity (Wildman–Crippen MR) is 56.7 cm³/mol. The van der Waals surface area contributed by atoms with Crippen LogP contribution >= 0.6 is 11.6 Å². The number of alkyl halides is 1. The van der Waals surface area contributed by atoms with Gasteiger partial charge in [0.05, 0.1) is 18.1 Å². The molecule has 0 spiro atoms. The zero-order valence-corrected chi connectivity index (χ0v) is 9.04. The molecule has 0 aromatic heterocycles. The molecule has 1 atom stereocenters. The molecular formula is C11H13ClO2. The Hall–Kier alpha value is -1.02. The van der Waals surface area contributed by atoms with Gasteiger partial charge in [-0.15, -0.1) is 11.6 Å². The monoisotopic (exact) mass is 212 g/mol. The second-order valence-corrected chi connectivity index (χ2v) is 3.52. The average Bonchev–Trinajstić information content (AvgIpc) is 2.27. The van der Waals surface area contributed by atoms with Gasteiger partial charge in [0.15, 0.2) is 0 Å². The maximum Gasteiger partial charge on any atom is 0.337 e. The highest BCUT2D eigenvalue weighted by Crippen LogP contribution is 2.23. The number of ether oxygens (including phenoxy) is 1. The molecule has 0 N–H and O–H groups in total. The minimum absolute atomic E-state index is 0.0155. The van der Waals surface area contributed by atoms with E-state index in [1.807, 2.05) is 19.1 Å². The van der Waals surface area contributed by atoms with E-state index in [1.54, 1.807) is 12.1 Å². The molecule has 0 aliphatic heterocycles. The normalized spacial score (nSPS) is 12.2. The van der Waals surface area contributed by atoms with Crippen LogP contribution in [0.25, 0.3) is 0 Å². The van der Waals surface area contributed by atoms with Gasteiger partial charge >= 0.3 is 5.97 Å². The highest BCUT2D eigenvalue weighted by atomic mass is 35.5. The lowest BCUT2D eigenvalue weighted by Gasteiger charge is -2.06. The maximum absolute atomic E-state index is 11.1. The van der Waals surface area contributed by atoms with Crippen molar-refractivity contribution in [1.29, 1.82) is 0 Å². The second kappa shape index (κ2) is 5.01. The van der Waals surface area contributed by atoms with Crippen LogP contribution in [0.2, 0.25) is 0 Å². The first-order valence-corrected chi connectivity index (χ1v) is 4.95. The molecule has 0 aliphatic carbocycles. The number of methoxy groups -OCH3 is 1. The second-order valence-electron chi connectivity index (χ2n) is 2.99. The van der Waals surface area contributed by atoms with Crippen LogP contribution in [0.3, 0.4) is 0 Å². The molecular weight excluding hydrogens is 200 g/mol. The average molecular weight is 213 g/mol. The van der Waals surface area contributed by atoms with Crippen molar-refractivity contribution in [3.63, 3.8) is 0 Å². The Labute approximate surface area is 88.8 Å². The molecule has 0 radical (unpaired) electrons. The van der Waals surface area contributed by atoms with Gasteiger partial charge in [-0.1, -0.05) is 19.1 Å². The van der Waals surface area contributed by atoms with E-state index in [1.165, 1.54) is 7.11 Å². The molecule has 0 bridgehead atoms. The van der Waals surface area contributed by atoms with Gasteiger partial charge in [-0.05, 0) is 24.1 Å². The van der Waals surface area contributed by atoms with Gasteiger partial charge < -0.3 is 4.74 Å². The number of hydrogen-bond acceptors (Lipinski definition) is 2. The fraction of sp³-hybridized carbons (Fsp3) is 0.364. The third-order valence-electron chi connectivity index (χ3n) is 2.05. The van der Waals surface area contributed by atoms with Gasteiger partial charge in [0.2, 0.25) is 0 Å². The van der Waals surface area contributed by atoms with E-state index in [0.717, 1.165) is 12.0 Å². The van der Waals surface area contributed by atoms with E-state index >= 15 is 0 Å². The van der Waals surface area contributed by atoms with Crippen molar-refractivity contribution in [3.8, 4) is 0 Å². The summed E-state index contributed by atoms with van der Waals surface area (Å²) in [5, 5.41) is 0.0155. The first-order chi connectivity index (χ1) is 6.69. The molecule has 1 rings (SSSR count). The summed E-state index contributed by atoms with van der Waals surface area (Å²) >= 11 is 6.04. The lowest BCUT2D eigenvalue weighted by atomic mass is 10.1. The fourth-order valence-electron chi connectivity index (χ4n) is 1.18. The van der Waals surface area contributed by atoms with Gasteiger partial charge in [-0.2, -0.15) is 0 Å². The van der Waals surface area contributed by atoms with Crippen LogP contribution in [-0.4, -0.2) is 13.1 Å². The highest BCUT2D eigenvalue weighted by Gasteiger charge is 2.07. The molecule has 76 valence electrons. The van der Waals surface area contributed by atoms with Crippen LogP contribution in [0.1, 0.15) is 34.6 Å². The number of hydrogen-bond donors (Lipinski definition) is 0. The summed E-state index contributed by atoms with van der Waals surface area (Å²) in [4.78, 5) is 11.1. The minimum atomic E-state index is -0.320. The van der Waals surface area contributed by atoms with Crippen LogP contribution in [-0.2, 0) is 4.74 Å². The number of esters is 1. The Morgan fingerprint density at radius 2 is 2.00 bits per heavy atom. The molecule has 3 heteroatoms. The first-order valence-electron chi connectivity index (χ1n) is 4.51. The fourth-order valence-corrected chi connectivity index (χ4v) is 1.33.